The van der Waals surface area contributed by atoms with Crippen LogP contribution < -0.4 is 15.1 Å². The SMILES string of the molecule is Cc1cc(N2CCN(C(=O)Nc3ccc(Cl)cc3)CC2)nc(N2CCOCC2)n1. The second-order valence-electron chi connectivity index (χ2n) is 7.18. The molecule has 29 heavy (non-hydrogen) atoms. The number of halogens is 1. The second-order valence-corrected chi connectivity index (χ2v) is 7.61. The number of ether oxygens (including phenoxy) is 1. The number of urea groups is 1. The van der Waals surface area contributed by atoms with Gasteiger partial charge in [0.25, 0.3) is 0 Å². The number of amides is 2. The molecule has 2 aliphatic rings. The highest BCUT2D eigenvalue weighted by atomic mass is 35.5. The molecular weight excluding hydrogens is 392 g/mol. The number of aryl methyl sites for hydroxylation is 1. The largest absolute Gasteiger partial charge is 0.378 e. The number of rotatable bonds is 3. The molecule has 0 saturated carbocycles. The minimum Gasteiger partial charge on any atom is -0.378 e. The van der Waals surface area contributed by atoms with E-state index in [9.17, 15) is 4.79 Å². The summed E-state index contributed by atoms with van der Waals surface area (Å²) in [6.07, 6.45) is 0. The first-order valence-corrected chi connectivity index (χ1v) is 10.2. The van der Waals surface area contributed by atoms with E-state index < -0.39 is 0 Å². The summed E-state index contributed by atoms with van der Waals surface area (Å²) in [6, 6.07) is 9.03. The molecule has 0 bridgehead atoms. The topological polar surface area (TPSA) is 73.8 Å². The Balaban J connectivity index is 1.37. The number of hydrogen-bond donors (Lipinski definition) is 1. The predicted octanol–water partition coefficient (Wildman–Crippen LogP) is 2.63. The highest BCUT2D eigenvalue weighted by Gasteiger charge is 2.23. The second kappa shape index (κ2) is 8.84. The molecule has 9 heteroatoms. The Morgan fingerprint density at radius 2 is 1.69 bits per heavy atom. The molecule has 2 amide bonds. The van der Waals surface area contributed by atoms with E-state index in [1.807, 2.05) is 17.9 Å². The minimum atomic E-state index is -0.0974. The van der Waals surface area contributed by atoms with Gasteiger partial charge in [-0.25, -0.2) is 9.78 Å². The summed E-state index contributed by atoms with van der Waals surface area (Å²) < 4.78 is 5.42. The lowest BCUT2D eigenvalue weighted by molar-refractivity contribution is 0.122. The summed E-state index contributed by atoms with van der Waals surface area (Å²) in [6.45, 7) is 7.74. The van der Waals surface area contributed by atoms with Gasteiger partial charge in [0.05, 0.1) is 13.2 Å². The van der Waals surface area contributed by atoms with Crippen molar-refractivity contribution in [3.8, 4) is 0 Å². The van der Waals surface area contributed by atoms with Crippen LogP contribution in [-0.4, -0.2) is 73.4 Å². The lowest BCUT2D eigenvalue weighted by Crippen LogP contribution is -2.50. The van der Waals surface area contributed by atoms with E-state index in [-0.39, 0.29) is 6.03 Å². The summed E-state index contributed by atoms with van der Waals surface area (Å²) in [5, 5.41) is 3.57. The molecule has 154 valence electrons. The number of piperazine rings is 1. The lowest BCUT2D eigenvalue weighted by Gasteiger charge is -2.36. The third kappa shape index (κ3) is 4.89. The van der Waals surface area contributed by atoms with Gasteiger partial charge in [0.15, 0.2) is 0 Å². The van der Waals surface area contributed by atoms with Crippen LogP contribution in [0.5, 0.6) is 0 Å². The summed E-state index contributed by atoms with van der Waals surface area (Å²) >= 11 is 5.89. The molecule has 0 aliphatic carbocycles. The molecule has 1 aromatic heterocycles. The van der Waals surface area contributed by atoms with Crippen LogP contribution >= 0.6 is 11.6 Å². The van der Waals surface area contributed by atoms with Gasteiger partial charge in [-0.15, -0.1) is 0 Å². The van der Waals surface area contributed by atoms with E-state index in [1.54, 1.807) is 24.3 Å². The minimum absolute atomic E-state index is 0.0974. The number of anilines is 3. The van der Waals surface area contributed by atoms with Crippen molar-refractivity contribution < 1.29 is 9.53 Å². The van der Waals surface area contributed by atoms with Crippen LogP contribution in [0.25, 0.3) is 0 Å². The van der Waals surface area contributed by atoms with Crippen molar-refractivity contribution in [1.82, 2.24) is 14.9 Å². The average molecular weight is 417 g/mol. The summed E-state index contributed by atoms with van der Waals surface area (Å²) in [7, 11) is 0. The molecule has 2 saturated heterocycles. The van der Waals surface area contributed by atoms with Crippen molar-refractivity contribution in [1.29, 1.82) is 0 Å². The van der Waals surface area contributed by atoms with E-state index in [4.69, 9.17) is 21.3 Å². The standard InChI is InChI=1S/C20H25ClN6O2/c1-15-14-18(24-19(22-15)26-10-12-29-13-11-26)25-6-8-27(9-7-25)20(28)23-17-4-2-16(21)3-5-17/h2-5,14H,6-13H2,1H3,(H,23,28). The lowest BCUT2D eigenvalue weighted by atomic mass is 10.3. The molecule has 1 aromatic carbocycles. The van der Waals surface area contributed by atoms with Crippen LogP contribution in [0.2, 0.25) is 5.02 Å². The van der Waals surface area contributed by atoms with Crippen LogP contribution in [0.4, 0.5) is 22.2 Å². The van der Waals surface area contributed by atoms with Crippen LogP contribution in [0.3, 0.4) is 0 Å². The first-order chi connectivity index (χ1) is 14.1. The summed E-state index contributed by atoms with van der Waals surface area (Å²) in [5.74, 6) is 1.67. The number of hydrogen-bond acceptors (Lipinski definition) is 6. The van der Waals surface area contributed by atoms with E-state index in [1.165, 1.54) is 0 Å². The average Bonchev–Trinajstić information content (AvgIpc) is 2.75. The monoisotopic (exact) mass is 416 g/mol. The Bertz CT molecular complexity index is 849. The fraction of sp³-hybridized carbons (Fsp3) is 0.450. The van der Waals surface area contributed by atoms with E-state index in [0.717, 1.165) is 49.3 Å². The highest BCUT2D eigenvalue weighted by Crippen LogP contribution is 2.20. The number of carbonyl (C=O) groups excluding carboxylic acids is 1. The van der Waals surface area contributed by atoms with Gasteiger partial charge in [0, 0.05) is 61.7 Å². The van der Waals surface area contributed by atoms with Gasteiger partial charge in [-0.05, 0) is 31.2 Å². The smallest absolute Gasteiger partial charge is 0.321 e. The van der Waals surface area contributed by atoms with Crippen LogP contribution in [0.15, 0.2) is 30.3 Å². The fourth-order valence-electron chi connectivity index (χ4n) is 3.48. The number of nitrogens with one attached hydrogen (secondary N) is 1. The van der Waals surface area contributed by atoms with E-state index in [2.05, 4.69) is 20.1 Å². The Hall–Kier alpha value is -2.58. The molecule has 0 atom stereocenters. The van der Waals surface area contributed by atoms with Gasteiger partial charge >= 0.3 is 6.03 Å². The third-order valence-corrected chi connectivity index (χ3v) is 5.36. The third-order valence-electron chi connectivity index (χ3n) is 5.11. The highest BCUT2D eigenvalue weighted by molar-refractivity contribution is 6.30. The van der Waals surface area contributed by atoms with Crippen molar-refractivity contribution in [2.45, 2.75) is 6.92 Å². The quantitative estimate of drug-likeness (QED) is 0.829. The van der Waals surface area contributed by atoms with Gasteiger partial charge in [0.2, 0.25) is 5.95 Å². The van der Waals surface area contributed by atoms with Gasteiger partial charge in [0.1, 0.15) is 5.82 Å². The molecule has 1 N–H and O–H groups in total. The van der Waals surface area contributed by atoms with Gasteiger partial charge in [-0.2, -0.15) is 4.98 Å². The maximum absolute atomic E-state index is 12.5. The Kier molecular flexibility index (Phi) is 6.01. The number of morpholine rings is 1. The van der Waals surface area contributed by atoms with Gasteiger partial charge in [-0.3, -0.25) is 0 Å². The number of nitrogens with zero attached hydrogens (tertiary/aromatic N) is 5. The van der Waals surface area contributed by atoms with Crippen molar-refractivity contribution >= 4 is 35.1 Å². The molecule has 4 rings (SSSR count). The molecule has 3 heterocycles. The van der Waals surface area contributed by atoms with E-state index >= 15 is 0 Å². The molecule has 8 nitrogen and oxygen atoms in total. The first kappa shape index (κ1) is 19.7. The predicted molar refractivity (Wildman–Crippen MR) is 114 cm³/mol. The summed E-state index contributed by atoms with van der Waals surface area (Å²) in [4.78, 5) is 28.1. The maximum atomic E-state index is 12.5. The summed E-state index contributed by atoms with van der Waals surface area (Å²) in [5.41, 5.74) is 1.68. The number of aromatic nitrogens is 2. The van der Waals surface area contributed by atoms with Crippen LogP contribution in [0, 0.1) is 6.92 Å². The Labute approximate surface area is 175 Å². The molecule has 0 spiro atoms. The molecule has 2 aromatic rings. The van der Waals surface area contributed by atoms with Gasteiger partial charge < -0.3 is 24.8 Å². The fourth-order valence-corrected chi connectivity index (χ4v) is 3.60. The molecular formula is C20H25ClN6O2. The molecule has 0 radical (unpaired) electrons. The van der Waals surface area contributed by atoms with Crippen LogP contribution in [-0.2, 0) is 4.74 Å². The maximum Gasteiger partial charge on any atom is 0.321 e. The van der Waals surface area contributed by atoms with Gasteiger partial charge in [-0.1, -0.05) is 11.6 Å². The van der Waals surface area contributed by atoms with Crippen molar-refractivity contribution in [3.05, 3.63) is 41.0 Å². The number of carbonyl (C=O) groups is 1. The molecule has 2 aliphatic heterocycles. The molecule has 2 fully saturated rings. The normalized spacial score (nSPS) is 17.4. The first-order valence-electron chi connectivity index (χ1n) is 9.83. The zero-order valence-electron chi connectivity index (χ0n) is 16.5. The zero-order chi connectivity index (χ0) is 20.2. The Morgan fingerprint density at radius 3 is 2.38 bits per heavy atom. The number of benzene rings is 1. The zero-order valence-corrected chi connectivity index (χ0v) is 17.2. The van der Waals surface area contributed by atoms with Crippen molar-refractivity contribution in [3.63, 3.8) is 0 Å². The van der Waals surface area contributed by atoms with E-state index in [0.29, 0.717) is 31.3 Å². The molecule has 0 unspecified atom stereocenters. The van der Waals surface area contributed by atoms with Crippen LogP contribution in [0.1, 0.15) is 5.69 Å². The van der Waals surface area contributed by atoms with Crippen molar-refractivity contribution in [2.75, 3.05) is 67.6 Å². The Morgan fingerprint density at radius 1 is 1.00 bits per heavy atom. The van der Waals surface area contributed by atoms with Crippen molar-refractivity contribution in [2.24, 2.45) is 0 Å².